The predicted molar refractivity (Wildman–Crippen MR) is 114 cm³/mol. The number of hydroxylamine groups is 2. The summed E-state index contributed by atoms with van der Waals surface area (Å²) in [6, 6.07) is 10.4. The maximum absolute atomic E-state index is 12.2. The first-order chi connectivity index (χ1) is 13.2. The molecule has 158 valence electrons. The topological polar surface area (TPSA) is 38.8 Å². The first-order valence-corrected chi connectivity index (χ1v) is 10.9. The monoisotopic (exact) mass is 389 g/mol. The fraction of sp³-hybridized carbons (Fsp3) is 0.708. The van der Waals surface area contributed by atoms with E-state index in [-0.39, 0.29) is 35.2 Å². The maximum atomic E-state index is 12.2. The van der Waals surface area contributed by atoms with Gasteiger partial charge in [0.15, 0.2) is 0 Å². The normalized spacial score (nSPS) is 25.2. The lowest BCUT2D eigenvalue weighted by molar-refractivity contribution is -0.337. The van der Waals surface area contributed by atoms with Gasteiger partial charge in [-0.1, -0.05) is 58.0 Å². The molecule has 1 fully saturated rings. The second kappa shape index (κ2) is 9.41. The smallest absolute Gasteiger partial charge is 0.306 e. The summed E-state index contributed by atoms with van der Waals surface area (Å²) in [5.41, 5.74) is 0.754. The Hall–Kier alpha value is -1.39. The van der Waals surface area contributed by atoms with Crippen LogP contribution in [0.4, 0.5) is 0 Å². The van der Waals surface area contributed by atoms with E-state index in [9.17, 15) is 4.79 Å². The van der Waals surface area contributed by atoms with E-state index in [0.29, 0.717) is 6.42 Å². The minimum atomic E-state index is -0.237. The zero-order valence-electron chi connectivity index (χ0n) is 18.8. The van der Waals surface area contributed by atoms with Crippen molar-refractivity contribution >= 4 is 5.97 Å². The second-order valence-corrected chi connectivity index (χ2v) is 8.85. The van der Waals surface area contributed by atoms with Gasteiger partial charge in [0.25, 0.3) is 0 Å². The van der Waals surface area contributed by atoms with Crippen LogP contribution in [0.2, 0.25) is 0 Å². The summed E-state index contributed by atoms with van der Waals surface area (Å²) in [6.45, 7) is 15.2. The van der Waals surface area contributed by atoms with Gasteiger partial charge in [0, 0.05) is 24.3 Å². The van der Waals surface area contributed by atoms with Crippen LogP contribution in [0, 0.1) is 5.92 Å². The summed E-state index contributed by atoms with van der Waals surface area (Å²) in [7, 11) is 0. The highest BCUT2D eigenvalue weighted by atomic mass is 16.7. The summed E-state index contributed by atoms with van der Waals surface area (Å²) in [6.07, 6.45) is 3.84. The Morgan fingerprint density at radius 2 is 1.79 bits per heavy atom. The predicted octanol–water partition coefficient (Wildman–Crippen LogP) is 6.07. The molecule has 3 unspecified atom stereocenters. The van der Waals surface area contributed by atoms with Crippen LogP contribution in [0.1, 0.15) is 92.2 Å². The molecule has 0 bridgehead atoms. The molecule has 0 radical (unpaired) electrons. The summed E-state index contributed by atoms with van der Waals surface area (Å²) in [5.74, 6) is 0.114. The molecule has 1 saturated heterocycles. The summed E-state index contributed by atoms with van der Waals surface area (Å²) < 4.78 is 5.96. The van der Waals surface area contributed by atoms with E-state index in [1.807, 2.05) is 13.0 Å². The van der Waals surface area contributed by atoms with Crippen molar-refractivity contribution in [2.45, 2.75) is 104 Å². The van der Waals surface area contributed by atoms with Gasteiger partial charge in [0.2, 0.25) is 0 Å². The first-order valence-electron chi connectivity index (χ1n) is 10.9. The lowest BCUT2D eigenvalue weighted by atomic mass is 9.68. The molecule has 0 saturated carbocycles. The van der Waals surface area contributed by atoms with Crippen LogP contribution in [-0.2, 0) is 14.4 Å². The fourth-order valence-corrected chi connectivity index (χ4v) is 4.83. The SMILES string of the molecule is CCCC(=O)OC1CC(C)(C)N(OC(C)c2ccccc2)C(CC)(CC)C1C. The lowest BCUT2D eigenvalue weighted by Gasteiger charge is -2.59. The van der Waals surface area contributed by atoms with Gasteiger partial charge in [-0.3, -0.25) is 9.63 Å². The van der Waals surface area contributed by atoms with Gasteiger partial charge in [0.1, 0.15) is 12.2 Å². The van der Waals surface area contributed by atoms with E-state index in [1.54, 1.807) is 0 Å². The van der Waals surface area contributed by atoms with Crippen LogP contribution in [0.3, 0.4) is 0 Å². The van der Waals surface area contributed by atoms with E-state index in [2.05, 4.69) is 70.9 Å². The van der Waals surface area contributed by atoms with Crippen molar-refractivity contribution in [2.75, 3.05) is 0 Å². The van der Waals surface area contributed by atoms with Crippen molar-refractivity contribution in [3.05, 3.63) is 35.9 Å². The van der Waals surface area contributed by atoms with Crippen molar-refractivity contribution in [1.82, 2.24) is 5.06 Å². The molecule has 4 heteroatoms. The van der Waals surface area contributed by atoms with Crippen molar-refractivity contribution < 1.29 is 14.4 Å². The Labute approximate surface area is 171 Å². The van der Waals surface area contributed by atoms with Gasteiger partial charge < -0.3 is 4.74 Å². The molecule has 2 rings (SSSR count). The zero-order chi connectivity index (χ0) is 20.9. The summed E-state index contributed by atoms with van der Waals surface area (Å²) in [4.78, 5) is 18.9. The standard InChI is InChI=1S/C24H39NO3/c1-8-14-22(26)27-21-17-23(6,7)25(24(9-2,10-3)18(21)4)28-19(5)20-15-12-11-13-16-20/h11-13,15-16,18-19,21H,8-10,14,17H2,1-7H3. The number of hydrogen-bond acceptors (Lipinski definition) is 4. The van der Waals surface area contributed by atoms with Gasteiger partial charge in [-0.05, 0) is 45.6 Å². The average Bonchev–Trinajstić information content (AvgIpc) is 2.67. The molecule has 28 heavy (non-hydrogen) atoms. The van der Waals surface area contributed by atoms with E-state index in [1.165, 1.54) is 5.56 Å². The number of ether oxygens (including phenoxy) is 1. The quantitative estimate of drug-likeness (QED) is 0.506. The molecule has 1 aromatic carbocycles. The largest absolute Gasteiger partial charge is 0.462 e. The molecular formula is C24H39NO3. The molecule has 1 aromatic rings. The number of piperidine rings is 1. The molecule has 0 aliphatic carbocycles. The number of hydrogen-bond donors (Lipinski definition) is 0. The van der Waals surface area contributed by atoms with E-state index >= 15 is 0 Å². The van der Waals surface area contributed by atoms with Crippen LogP contribution in [0.25, 0.3) is 0 Å². The third kappa shape index (κ3) is 4.60. The van der Waals surface area contributed by atoms with Crippen molar-refractivity contribution in [3.8, 4) is 0 Å². The third-order valence-electron chi connectivity index (χ3n) is 6.55. The molecule has 0 amide bonds. The molecule has 0 aromatic heterocycles. The Morgan fingerprint density at radius 3 is 2.32 bits per heavy atom. The molecule has 3 atom stereocenters. The van der Waals surface area contributed by atoms with Gasteiger partial charge >= 0.3 is 5.97 Å². The number of carbonyl (C=O) groups is 1. The number of rotatable bonds is 8. The van der Waals surface area contributed by atoms with Crippen molar-refractivity contribution in [1.29, 1.82) is 0 Å². The number of benzene rings is 1. The minimum Gasteiger partial charge on any atom is -0.462 e. The Bertz CT molecular complexity index is 624. The number of carbonyl (C=O) groups excluding carboxylic acids is 1. The Kier molecular flexibility index (Phi) is 7.69. The van der Waals surface area contributed by atoms with Gasteiger partial charge in [-0.25, -0.2) is 0 Å². The van der Waals surface area contributed by atoms with Crippen LogP contribution in [-0.4, -0.2) is 28.2 Å². The van der Waals surface area contributed by atoms with Crippen LogP contribution < -0.4 is 0 Å². The van der Waals surface area contributed by atoms with Gasteiger partial charge in [-0.15, -0.1) is 0 Å². The van der Waals surface area contributed by atoms with Crippen LogP contribution in [0.15, 0.2) is 30.3 Å². The van der Waals surface area contributed by atoms with Crippen molar-refractivity contribution in [2.24, 2.45) is 5.92 Å². The van der Waals surface area contributed by atoms with E-state index in [0.717, 1.165) is 25.7 Å². The number of esters is 1. The first kappa shape index (κ1) is 22.9. The van der Waals surface area contributed by atoms with Crippen LogP contribution in [0.5, 0.6) is 0 Å². The van der Waals surface area contributed by atoms with Gasteiger partial charge in [0.05, 0.1) is 5.54 Å². The molecule has 0 spiro atoms. The Balaban J connectivity index is 2.32. The fourth-order valence-electron chi connectivity index (χ4n) is 4.83. The Morgan fingerprint density at radius 1 is 1.18 bits per heavy atom. The highest BCUT2D eigenvalue weighted by Gasteiger charge is 2.55. The molecule has 0 N–H and O–H groups in total. The molecule has 1 aliphatic heterocycles. The summed E-state index contributed by atoms with van der Waals surface area (Å²) in [5, 5.41) is 2.24. The molecular weight excluding hydrogens is 350 g/mol. The minimum absolute atomic E-state index is 0.0376. The maximum Gasteiger partial charge on any atom is 0.306 e. The number of nitrogens with zero attached hydrogens (tertiary/aromatic N) is 1. The van der Waals surface area contributed by atoms with Gasteiger partial charge in [-0.2, -0.15) is 5.06 Å². The zero-order valence-corrected chi connectivity index (χ0v) is 18.8. The molecule has 1 aliphatic rings. The lowest BCUT2D eigenvalue weighted by Crippen LogP contribution is -2.68. The second-order valence-electron chi connectivity index (χ2n) is 8.85. The van der Waals surface area contributed by atoms with Crippen molar-refractivity contribution in [3.63, 3.8) is 0 Å². The average molecular weight is 390 g/mol. The third-order valence-corrected chi connectivity index (χ3v) is 6.55. The molecule has 4 nitrogen and oxygen atoms in total. The summed E-state index contributed by atoms with van der Waals surface area (Å²) >= 11 is 0. The van der Waals surface area contributed by atoms with E-state index < -0.39 is 0 Å². The highest BCUT2D eigenvalue weighted by molar-refractivity contribution is 5.69. The van der Waals surface area contributed by atoms with Crippen LogP contribution >= 0.6 is 0 Å². The van der Waals surface area contributed by atoms with E-state index in [4.69, 9.17) is 9.57 Å². The molecule has 1 heterocycles. The highest BCUT2D eigenvalue weighted by Crippen LogP contribution is 2.48.